The van der Waals surface area contributed by atoms with Crippen LogP contribution in [0.3, 0.4) is 0 Å². The minimum atomic E-state index is -1.47. The fourth-order valence-electron chi connectivity index (χ4n) is 3.92. The first-order chi connectivity index (χ1) is 19.9. The van der Waals surface area contributed by atoms with Gasteiger partial charge in [0.25, 0.3) is 0 Å². The maximum Gasteiger partial charge on any atom is 0.326 e. The number of carbonyl (C=O) groups excluding carboxylic acids is 4. The van der Waals surface area contributed by atoms with Crippen LogP contribution < -0.4 is 27.0 Å². The highest BCUT2D eigenvalue weighted by molar-refractivity contribution is 5.95. The molecule has 9 N–H and O–H groups in total. The van der Waals surface area contributed by atoms with E-state index in [0.29, 0.717) is 16.8 Å². The third-order valence-corrected chi connectivity index (χ3v) is 6.42. The summed E-state index contributed by atoms with van der Waals surface area (Å²) in [6, 6.07) is 4.55. The number of amides is 4. The molecule has 0 radical (unpaired) electrons. The van der Waals surface area contributed by atoms with Gasteiger partial charge in [-0.25, -0.2) is 4.79 Å². The number of nitrogens with one attached hydrogen (secondary N) is 4. The van der Waals surface area contributed by atoms with E-state index in [1.54, 1.807) is 24.3 Å². The number of aliphatic carboxylic acids is 1. The third-order valence-electron chi connectivity index (χ3n) is 6.42. The van der Waals surface area contributed by atoms with Gasteiger partial charge in [-0.15, -0.1) is 5.11 Å². The van der Waals surface area contributed by atoms with Crippen LogP contribution in [0.25, 0.3) is 0 Å². The van der Waals surface area contributed by atoms with E-state index in [1.165, 1.54) is 32.0 Å². The van der Waals surface area contributed by atoms with Crippen molar-refractivity contribution in [2.24, 2.45) is 16.0 Å². The number of nitrogens with zero attached hydrogens (tertiary/aromatic N) is 2. The Kier molecular flexibility index (Phi) is 10.6. The molecular formula is C27H33N7O8. The van der Waals surface area contributed by atoms with E-state index in [2.05, 4.69) is 31.5 Å². The van der Waals surface area contributed by atoms with Crippen molar-refractivity contribution in [2.75, 3.05) is 6.61 Å². The van der Waals surface area contributed by atoms with Crippen LogP contribution in [0, 0.1) is 0 Å². The second kappa shape index (κ2) is 14.1. The molecule has 5 atom stereocenters. The zero-order valence-electron chi connectivity index (χ0n) is 22.9. The minimum Gasteiger partial charge on any atom is -0.506 e. The van der Waals surface area contributed by atoms with Gasteiger partial charge in [0.2, 0.25) is 23.6 Å². The maximum atomic E-state index is 12.7. The lowest BCUT2D eigenvalue weighted by Crippen LogP contribution is -2.58. The lowest BCUT2D eigenvalue weighted by Gasteiger charge is -2.23. The molecular weight excluding hydrogens is 550 g/mol. The molecule has 4 rings (SSSR count). The van der Waals surface area contributed by atoms with E-state index in [4.69, 9.17) is 5.73 Å². The Balaban J connectivity index is 1.92. The number of phenolic OH excluding ortho intramolecular Hbond substituents is 1. The van der Waals surface area contributed by atoms with Gasteiger partial charge in [-0.05, 0) is 55.7 Å². The number of hydrogen-bond acceptors (Lipinski definition) is 10. The molecule has 224 valence electrons. The monoisotopic (exact) mass is 583 g/mol. The summed E-state index contributed by atoms with van der Waals surface area (Å²) in [5.41, 5.74) is 7.61. The quantitative estimate of drug-likeness (QED) is 0.208. The van der Waals surface area contributed by atoms with E-state index in [9.17, 15) is 39.3 Å². The Bertz CT molecular complexity index is 1360. The predicted molar refractivity (Wildman–Crippen MR) is 148 cm³/mol. The maximum absolute atomic E-state index is 12.7. The average Bonchev–Trinajstić information content (AvgIpc) is 2.95. The Morgan fingerprint density at radius 2 is 1.43 bits per heavy atom. The van der Waals surface area contributed by atoms with Gasteiger partial charge in [0.15, 0.2) is 0 Å². The molecule has 15 nitrogen and oxygen atoms in total. The Morgan fingerprint density at radius 1 is 0.833 bits per heavy atom. The van der Waals surface area contributed by atoms with Crippen LogP contribution in [0.15, 0.2) is 52.7 Å². The number of fused-ring (bicyclic) bond motifs is 16. The van der Waals surface area contributed by atoms with Crippen molar-refractivity contribution in [3.8, 4) is 5.75 Å². The summed E-state index contributed by atoms with van der Waals surface area (Å²) in [7, 11) is 0. The van der Waals surface area contributed by atoms with Crippen molar-refractivity contribution in [3.05, 3.63) is 53.6 Å². The van der Waals surface area contributed by atoms with Crippen LogP contribution in [0.4, 0.5) is 11.4 Å². The van der Waals surface area contributed by atoms with Crippen LogP contribution >= 0.6 is 0 Å². The molecule has 2 aromatic rings. The second-order valence-corrected chi connectivity index (χ2v) is 9.81. The van der Waals surface area contributed by atoms with Gasteiger partial charge >= 0.3 is 5.97 Å². The number of aliphatic hydroxyl groups excluding tert-OH is 1. The molecule has 4 amide bonds. The van der Waals surface area contributed by atoms with Crippen molar-refractivity contribution in [3.63, 3.8) is 0 Å². The number of azo groups is 1. The van der Waals surface area contributed by atoms with Crippen molar-refractivity contribution in [1.29, 1.82) is 0 Å². The summed E-state index contributed by atoms with van der Waals surface area (Å²) in [5, 5.41) is 47.1. The molecule has 2 heterocycles. The van der Waals surface area contributed by atoms with Crippen LogP contribution in [-0.2, 0) is 36.8 Å². The van der Waals surface area contributed by atoms with Gasteiger partial charge in [0.1, 0.15) is 35.6 Å². The fourth-order valence-corrected chi connectivity index (χ4v) is 3.92. The van der Waals surface area contributed by atoms with E-state index >= 15 is 0 Å². The first-order valence-corrected chi connectivity index (χ1v) is 13.0. The number of aliphatic hydroxyl groups is 1. The topological polar surface area (TPSA) is 245 Å². The normalized spacial score (nSPS) is 24.5. The summed E-state index contributed by atoms with van der Waals surface area (Å²) in [5.74, 6) is -4.73. The largest absolute Gasteiger partial charge is 0.506 e. The molecule has 15 heteroatoms. The fraction of sp³-hybridized carbons (Fsp3) is 0.370. The van der Waals surface area contributed by atoms with Gasteiger partial charge in [-0.3, -0.25) is 19.2 Å². The molecule has 0 fully saturated rings. The van der Waals surface area contributed by atoms with E-state index in [0.717, 1.165) is 0 Å². The first kappa shape index (κ1) is 31.6. The highest BCUT2D eigenvalue weighted by Crippen LogP contribution is 2.29. The van der Waals surface area contributed by atoms with Crippen LogP contribution in [-0.4, -0.2) is 81.7 Å². The molecule has 2 aliphatic rings. The number of benzene rings is 2. The summed E-state index contributed by atoms with van der Waals surface area (Å²) in [4.78, 5) is 62.5. The smallest absolute Gasteiger partial charge is 0.326 e. The lowest BCUT2D eigenvalue weighted by molar-refractivity contribution is -0.142. The first-order valence-electron chi connectivity index (χ1n) is 13.0. The van der Waals surface area contributed by atoms with Crippen LogP contribution in [0.2, 0.25) is 0 Å². The van der Waals surface area contributed by atoms with Crippen molar-refractivity contribution in [2.45, 2.75) is 56.9 Å². The molecule has 0 saturated carbocycles. The summed E-state index contributed by atoms with van der Waals surface area (Å²) in [6.07, 6.45) is -0.0504. The Labute approximate surface area is 240 Å². The number of carbonyl (C=O) groups is 5. The number of carboxylic acid groups (broad SMARTS) is 1. The highest BCUT2D eigenvalue weighted by Gasteiger charge is 2.29. The Hall–Kier alpha value is -4.89. The SMILES string of the molecule is CC1NC(=O)C(N)Cc2ccc(cc2)N=Nc2cc(ccc2O)CC(C(=O)O)NC(=O)C(C)NC(=O)C(CO)NC1=O. The minimum absolute atomic E-state index is 0.0621. The molecule has 0 aromatic heterocycles. The van der Waals surface area contributed by atoms with Gasteiger partial charge in [0.05, 0.1) is 18.3 Å². The molecule has 4 bridgehead atoms. The van der Waals surface area contributed by atoms with Crippen LogP contribution in [0.1, 0.15) is 25.0 Å². The van der Waals surface area contributed by atoms with E-state index < -0.39 is 66.4 Å². The number of carboxylic acids is 1. The van der Waals surface area contributed by atoms with Crippen molar-refractivity contribution < 1.29 is 39.3 Å². The number of hydrogen-bond donors (Lipinski definition) is 8. The molecule has 0 aliphatic carbocycles. The number of phenols is 1. The molecule has 0 saturated heterocycles. The number of rotatable bonds is 2. The van der Waals surface area contributed by atoms with Crippen LogP contribution in [0.5, 0.6) is 5.75 Å². The number of nitrogens with two attached hydrogens (primary N) is 1. The summed E-state index contributed by atoms with van der Waals surface area (Å²) in [6.45, 7) is 1.84. The predicted octanol–water partition coefficient (Wildman–Crippen LogP) is -0.711. The van der Waals surface area contributed by atoms with Crippen molar-refractivity contribution >= 4 is 41.0 Å². The van der Waals surface area contributed by atoms with E-state index in [-0.39, 0.29) is 24.3 Å². The van der Waals surface area contributed by atoms with Gasteiger partial charge in [0, 0.05) is 6.42 Å². The standard InChI is InChI=1S/C27H33N7O8/c1-13-24(38)32-21(12-35)26(40)30-14(2)23(37)31-20(27(41)42)11-16-5-8-22(36)19(10-16)34-33-17-6-3-15(4-7-17)9-18(28)25(39)29-13/h3-8,10,13-14,18,20-21,35-36H,9,11-12,28H2,1-2H3,(H,29,39)(H,30,40)(H,31,37)(H,32,38)(H,41,42). The average molecular weight is 584 g/mol. The summed E-state index contributed by atoms with van der Waals surface area (Å²) >= 11 is 0. The zero-order chi connectivity index (χ0) is 31.0. The molecule has 42 heavy (non-hydrogen) atoms. The highest BCUT2D eigenvalue weighted by atomic mass is 16.4. The van der Waals surface area contributed by atoms with E-state index in [1.807, 2.05) is 0 Å². The zero-order valence-corrected chi connectivity index (χ0v) is 22.9. The second-order valence-electron chi connectivity index (χ2n) is 9.81. The van der Waals surface area contributed by atoms with Gasteiger partial charge < -0.3 is 42.3 Å². The lowest BCUT2D eigenvalue weighted by atomic mass is 10.0. The number of aromatic hydroxyl groups is 1. The molecule has 5 unspecified atom stereocenters. The molecule has 2 aliphatic heterocycles. The third kappa shape index (κ3) is 8.55. The molecule has 0 spiro atoms. The molecule has 2 aromatic carbocycles. The van der Waals surface area contributed by atoms with Crippen molar-refractivity contribution in [1.82, 2.24) is 21.3 Å². The Morgan fingerprint density at radius 3 is 2.05 bits per heavy atom. The van der Waals surface area contributed by atoms with Gasteiger partial charge in [-0.2, -0.15) is 5.11 Å². The summed E-state index contributed by atoms with van der Waals surface area (Å²) < 4.78 is 0. The van der Waals surface area contributed by atoms with Gasteiger partial charge in [-0.1, -0.05) is 18.2 Å².